The summed E-state index contributed by atoms with van der Waals surface area (Å²) in [5.41, 5.74) is 1.94. The van der Waals surface area contributed by atoms with Crippen LogP contribution in [0.1, 0.15) is 25.1 Å². The Morgan fingerprint density at radius 1 is 1.23 bits per heavy atom. The molecule has 0 N–H and O–H groups in total. The van der Waals surface area contributed by atoms with E-state index in [0.29, 0.717) is 0 Å². The Kier molecular flexibility index (Phi) is 5.38. The van der Waals surface area contributed by atoms with E-state index in [0.717, 1.165) is 27.6 Å². The Balaban J connectivity index is 2.39. The predicted octanol–water partition coefficient (Wildman–Crippen LogP) is 3.07. The molecule has 2 rings (SSSR count). The molecule has 1 heterocycles. The minimum Gasteiger partial charge on any atom is -0.497 e. The zero-order valence-corrected chi connectivity index (χ0v) is 14.3. The summed E-state index contributed by atoms with van der Waals surface area (Å²) in [6, 6.07) is 5.87. The van der Waals surface area contributed by atoms with Crippen molar-refractivity contribution >= 4 is 17.6 Å². The lowest BCUT2D eigenvalue weighted by atomic mass is 10.2. The molecule has 0 saturated heterocycles. The van der Waals surface area contributed by atoms with E-state index in [1.807, 2.05) is 35.2 Å². The molecule has 22 heavy (non-hydrogen) atoms. The number of methoxy groups -OCH3 is 2. The van der Waals surface area contributed by atoms with Gasteiger partial charge >= 0.3 is 0 Å². The molecule has 0 unspecified atom stereocenters. The minimum absolute atomic E-state index is 0.232. The number of rotatable bonds is 5. The third-order valence-electron chi connectivity index (χ3n) is 2.97. The molecule has 0 aliphatic heterocycles. The van der Waals surface area contributed by atoms with Crippen LogP contribution < -0.4 is 14.3 Å². The van der Waals surface area contributed by atoms with Gasteiger partial charge in [0.15, 0.2) is 0 Å². The van der Waals surface area contributed by atoms with Crippen LogP contribution in [0, 0.1) is 6.92 Å². The molecule has 1 aromatic carbocycles. The summed E-state index contributed by atoms with van der Waals surface area (Å²) in [6.07, 6.45) is 1.78. The Morgan fingerprint density at radius 3 is 2.64 bits per heavy atom. The summed E-state index contributed by atoms with van der Waals surface area (Å²) in [7, 11) is 3.27. The normalized spacial score (nSPS) is 12.4. The molecular weight excluding hydrogens is 298 g/mol. The van der Waals surface area contributed by atoms with E-state index in [4.69, 9.17) is 9.47 Å². The van der Waals surface area contributed by atoms with Gasteiger partial charge in [-0.15, -0.1) is 11.3 Å². The molecule has 0 atom stereocenters. The van der Waals surface area contributed by atoms with Gasteiger partial charge in [-0.3, -0.25) is 4.99 Å². The summed E-state index contributed by atoms with van der Waals surface area (Å²) in [5.74, 6) is 1.47. The van der Waals surface area contributed by atoms with Gasteiger partial charge in [-0.2, -0.15) is 5.10 Å². The maximum atomic E-state index is 5.38. The summed E-state index contributed by atoms with van der Waals surface area (Å²) in [5, 5.41) is 6.59. The first-order valence-electron chi connectivity index (χ1n) is 7.02. The number of aromatic nitrogens is 1. The predicted molar refractivity (Wildman–Crippen MR) is 90.3 cm³/mol. The standard InChI is InChI=1S/C16H21N3O2S/c1-11(2)18-16-19(12(3)10-22-16)17-9-13-6-7-14(20-4)8-15(13)21-5/h6-11H,1-5H3. The highest BCUT2D eigenvalue weighted by Crippen LogP contribution is 2.23. The second-order valence-electron chi connectivity index (χ2n) is 5.05. The van der Waals surface area contributed by atoms with Gasteiger partial charge in [0, 0.05) is 23.1 Å². The van der Waals surface area contributed by atoms with Crippen molar-refractivity contribution in [3.8, 4) is 11.5 Å². The molecule has 5 nitrogen and oxygen atoms in total. The Hall–Kier alpha value is -2.08. The largest absolute Gasteiger partial charge is 0.497 e. The van der Waals surface area contributed by atoms with Crippen molar-refractivity contribution in [2.75, 3.05) is 14.2 Å². The smallest absolute Gasteiger partial charge is 0.206 e. The molecular formula is C16H21N3O2S. The average Bonchev–Trinajstić information content (AvgIpc) is 2.84. The number of hydrogen-bond donors (Lipinski definition) is 0. The topological polar surface area (TPSA) is 48.1 Å². The van der Waals surface area contributed by atoms with Gasteiger partial charge in [-0.25, -0.2) is 4.68 Å². The molecule has 6 heteroatoms. The van der Waals surface area contributed by atoms with E-state index in [2.05, 4.69) is 23.9 Å². The average molecular weight is 319 g/mol. The van der Waals surface area contributed by atoms with Gasteiger partial charge in [0.1, 0.15) is 11.5 Å². The maximum Gasteiger partial charge on any atom is 0.206 e. The monoisotopic (exact) mass is 319 g/mol. The number of thiazole rings is 1. The summed E-state index contributed by atoms with van der Waals surface area (Å²) in [4.78, 5) is 5.46. The first kappa shape index (κ1) is 16.3. The Morgan fingerprint density at radius 2 is 2.00 bits per heavy atom. The zero-order valence-electron chi connectivity index (χ0n) is 13.5. The highest BCUT2D eigenvalue weighted by molar-refractivity contribution is 7.07. The van der Waals surface area contributed by atoms with E-state index in [9.17, 15) is 0 Å². The number of aryl methyl sites for hydroxylation is 1. The van der Waals surface area contributed by atoms with Gasteiger partial charge in [-0.05, 0) is 32.9 Å². The lowest BCUT2D eigenvalue weighted by molar-refractivity contribution is 0.394. The van der Waals surface area contributed by atoms with Crippen molar-refractivity contribution in [3.05, 3.63) is 39.6 Å². The number of hydrogen-bond acceptors (Lipinski definition) is 5. The van der Waals surface area contributed by atoms with Gasteiger partial charge < -0.3 is 9.47 Å². The highest BCUT2D eigenvalue weighted by atomic mass is 32.1. The molecule has 118 valence electrons. The molecule has 0 amide bonds. The first-order valence-corrected chi connectivity index (χ1v) is 7.90. The fourth-order valence-corrected chi connectivity index (χ4v) is 2.82. The van der Waals surface area contributed by atoms with Crippen LogP contribution in [-0.2, 0) is 0 Å². The van der Waals surface area contributed by atoms with Gasteiger partial charge in [0.05, 0.1) is 26.1 Å². The first-order chi connectivity index (χ1) is 10.5. The van der Waals surface area contributed by atoms with Crippen LogP contribution in [0.2, 0.25) is 0 Å². The SMILES string of the molecule is COc1ccc(C=Nn2c(C)csc2=NC(C)C)c(OC)c1. The lowest BCUT2D eigenvalue weighted by Gasteiger charge is -2.07. The van der Waals surface area contributed by atoms with Crippen molar-refractivity contribution < 1.29 is 9.47 Å². The highest BCUT2D eigenvalue weighted by Gasteiger charge is 2.04. The van der Waals surface area contributed by atoms with E-state index in [-0.39, 0.29) is 6.04 Å². The van der Waals surface area contributed by atoms with E-state index >= 15 is 0 Å². The van der Waals surface area contributed by atoms with Gasteiger partial charge in [0.25, 0.3) is 0 Å². The fraction of sp³-hybridized carbons (Fsp3) is 0.375. The molecule has 0 radical (unpaired) electrons. The third kappa shape index (κ3) is 3.76. The molecule has 0 bridgehead atoms. The van der Waals surface area contributed by atoms with Crippen LogP contribution in [0.15, 0.2) is 33.7 Å². The molecule has 0 saturated carbocycles. The van der Waals surface area contributed by atoms with Crippen molar-refractivity contribution in [2.45, 2.75) is 26.8 Å². The number of ether oxygens (including phenoxy) is 2. The van der Waals surface area contributed by atoms with E-state index in [1.54, 1.807) is 31.8 Å². The van der Waals surface area contributed by atoms with Crippen LogP contribution in [-0.4, -0.2) is 31.2 Å². The molecule has 1 aromatic heterocycles. The Bertz CT molecular complexity index is 729. The fourth-order valence-electron chi connectivity index (χ4n) is 1.88. The van der Waals surface area contributed by atoms with Crippen LogP contribution in [0.4, 0.5) is 0 Å². The van der Waals surface area contributed by atoms with E-state index in [1.165, 1.54) is 0 Å². The zero-order chi connectivity index (χ0) is 16.1. The molecule has 0 aliphatic carbocycles. The number of nitrogens with zero attached hydrogens (tertiary/aromatic N) is 3. The van der Waals surface area contributed by atoms with Crippen molar-refractivity contribution in [3.63, 3.8) is 0 Å². The van der Waals surface area contributed by atoms with Crippen molar-refractivity contribution in [1.82, 2.24) is 4.68 Å². The van der Waals surface area contributed by atoms with Gasteiger partial charge in [0.2, 0.25) is 4.80 Å². The Labute approximate surface area is 134 Å². The maximum absolute atomic E-state index is 5.38. The second kappa shape index (κ2) is 7.26. The van der Waals surface area contributed by atoms with Crippen LogP contribution in [0.25, 0.3) is 0 Å². The van der Waals surface area contributed by atoms with Crippen LogP contribution >= 0.6 is 11.3 Å². The minimum atomic E-state index is 0.232. The lowest BCUT2D eigenvalue weighted by Crippen LogP contribution is -2.14. The third-order valence-corrected chi connectivity index (χ3v) is 3.92. The van der Waals surface area contributed by atoms with Gasteiger partial charge in [-0.1, -0.05) is 0 Å². The molecule has 2 aromatic rings. The van der Waals surface area contributed by atoms with Crippen LogP contribution in [0.3, 0.4) is 0 Å². The quantitative estimate of drug-likeness (QED) is 0.795. The van der Waals surface area contributed by atoms with Crippen molar-refractivity contribution in [1.29, 1.82) is 0 Å². The van der Waals surface area contributed by atoms with E-state index < -0.39 is 0 Å². The number of benzene rings is 1. The summed E-state index contributed by atoms with van der Waals surface area (Å²) >= 11 is 1.59. The summed E-state index contributed by atoms with van der Waals surface area (Å²) in [6.45, 7) is 6.11. The molecule has 0 aliphatic rings. The second-order valence-corrected chi connectivity index (χ2v) is 5.88. The van der Waals surface area contributed by atoms with Crippen LogP contribution in [0.5, 0.6) is 11.5 Å². The molecule has 0 fully saturated rings. The molecule has 0 spiro atoms. The summed E-state index contributed by atoms with van der Waals surface area (Å²) < 4.78 is 12.4. The van der Waals surface area contributed by atoms with Crippen molar-refractivity contribution in [2.24, 2.45) is 10.1 Å².